The Morgan fingerprint density at radius 2 is 2.27 bits per heavy atom. The first kappa shape index (κ1) is 10.1. The lowest BCUT2D eigenvalue weighted by atomic mass is 10.1. The van der Waals surface area contributed by atoms with Crippen molar-refractivity contribution in [2.45, 2.75) is 19.4 Å². The molecule has 2 rings (SSSR count). The minimum atomic E-state index is -0.386. The second kappa shape index (κ2) is 4.41. The van der Waals surface area contributed by atoms with Crippen molar-refractivity contribution in [3.8, 4) is 6.07 Å². The van der Waals surface area contributed by atoms with E-state index in [-0.39, 0.29) is 11.4 Å². The highest BCUT2D eigenvalue weighted by Crippen LogP contribution is 2.27. The zero-order valence-electron chi connectivity index (χ0n) is 8.46. The van der Waals surface area contributed by atoms with Gasteiger partial charge >= 0.3 is 0 Å². The summed E-state index contributed by atoms with van der Waals surface area (Å²) in [4.78, 5) is 0. The molecule has 0 atom stereocenters. The van der Waals surface area contributed by atoms with Crippen LogP contribution in [0.2, 0.25) is 0 Å². The molecule has 3 heteroatoms. The van der Waals surface area contributed by atoms with Crippen LogP contribution in [0.25, 0.3) is 0 Å². The van der Waals surface area contributed by atoms with Gasteiger partial charge in [0.15, 0.2) is 0 Å². The SMILES string of the molecule is N#Cc1cccc(CNCC2CC2)c1F. The van der Waals surface area contributed by atoms with E-state index in [1.165, 1.54) is 18.9 Å². The summed E-state index contributed by atoms with van der Waals surface area (Å²) in [6, 6.07) is 6.78. The molecule has 0 saturated heterocycles. The third-order valence-electron chi connectivity index (χ3n) is 2.64. The molecule has 15 heavy (non-hydrogen) atoms. The molecule has 0 amide bonds. The molecule has 0 aliphatic heterocycles. The predicted octanol–water partition coefficient (Wildman–Crippen LogP) is 2.20. The van der Waals surface area contributed by atoms with Gasteiger partial charge < -0.3 is 5.32 Å². The molecule has 1 aromatic carbocycles. The quantitative estimate of drug-likeness (QED) is 0.816. The van der Waals surface area contributed by atoms with Crippen molar-refractivity contribution in [2.75, 3.05) is 6.54 Å². The fraction of sp³-hybridized carbons (Fsp3) is 0.417. The van der Waals surface area contributed by atoms with Crippen molar-refractivity contribution in [3.05, 3.63) is 35.1 Å². The van der Waals surface area contributed by atoms with E-state index in [0.717, 1.165) is 12.5 Å². The van der Waals surface area contributed by atoms with Gasteiger partial charge in [-0.3, -0.25) is 0 Å². The predicted molar refractivity (Wildman–Crippen MR) is 55.5 cm³/mol. The van der Waals surface area contributed by atoms with Crippen molar-refractivity contribution < 1.29 is 4.39 Å². The van der Waals surface area contributed by atoms with E-state index in [2.05, 4.69) is 5.32 Å². The molecule has 2 nitrogen and oxygen atoms in total. The fourth-order valence-corrected chi connectivity index (χ4v) is 1.54. The first-order valence-electron chi connectivity index (χ1n) is 5.19. The number of nitrogens with zero attached hydrogens (tertiary/aromatic N) is 1. The number of rotatable bonds is 4. The van der Waals surface area contributed by atoms with Crippen LogP contribution in [-0.2, 0) is 6.54 Å². The van der Waals surface area contributed by atoms with Crippen LogP contribution in [-0.4, -0.2) is 6.54 Å². The molecule has 78 valence electrons. The second-order valence-electron chi connectivity index (χ2n) is 3.96. The van der Waals surface area contributed by atoms with E-state index in [1.807, 2.05) is 6.07 Å². The Bertz CT molecular complexity index is 391. The number of hydrogen-bond acceptors (Lipinski definition) is 2. The van der Waals surface area contributed by atoms with Gasteiger partial charge in [-0.2, -0.15) is 5.26 Å². The number of nitrogens with one attached hydrogen (secondary N) is 1. The summed E-state index contributed by atoms with van der Waals surface area (Å²) in [5.74, 6) is 0.399. The molecule has 1 aliphatic rings. The minimum Gasteiger partial charge on any atom is -0.312 e. The molecule has 1 aliphatic carbocycles. The van der Waals surface area contributed by atoms with E-state index >= 15 is 0 Å². The van der Waals surface area contributed by atoms with E-state index in [1.54, 1.807) is 12.1 Å². The molecule has 0 aromatic heterocycles. The van der Waals surface area contributed by atoms with Gasteiger partial charge in [0.05, 0.1) is 5.56 Å². The molecule has 0 unspecified atom stereocenters. The van der Waals surface area contributed by atoms with Crippen LogP contribution in [0.15, 0.2) is 18.2 Å². The maximum atomic E-state index is 13.6. The normalized spacial score (nSPS) is 14.9. The van der Waals surface area contributed by atoms with Gasteiger partial charge in [0.1, 0.15) is 11.9 Å². The van der Waals surface area contributed by atoms with E-state index in [9.17, 15) is 4.39 Å². The van der Waals surface area contributed by atoms with Crippen LogP contribution in [0, 0.1) is 23.1 Å². The van der Waals surface area contributed by atoms with Crippen LogP contribution in [0.3, 0.4) is 0 Å². The molecular weight excluding hydrogens is 191 g/mol. The lowest BCUT2D eigenvalue weighted by Crippen LogP contribution is -2.17. The topological polar surface area (TPSA) is 35.8 Å². The lowest BCUT2D eigenvalue weighted by molar-refractivity contribution is 0.575. The van der Waals surface area contributed by atoms with Gasteiger partial charge in [0, 0.05) is 12.1 Å². The first-order valence-corrected chi connectivity index (χ1v) is 5.19. The zero-order valence-corrected chi connectivity index (χ0v) is 8.46. The third-order valence-corrected chi connectivity index (χ3v) is 2.64. The Hall–Kier alpha value is -1.40. The third kappa shape index (κ3) is 2.54. The largest absolute Gasteiger partial charge is 0.312 e. The molecule has 1 saturated carbocycles. The summed E-state index contributed by atoms with van der Waals surface area (Å²) in [5, 5.41) is 11.9. The molecule has 0 bridgehead atoms. The average molecular weight is 204 g/mol. The minimum absolute atomic E-state index is 0.126. The maximum Gasteiger partial charge on any atom is 0.145 e. The molecule has 0 radical (unpaired) electrons. The fourth-order valence-electron chi connectivity index (χ4n) is 1.54. The summed E-state index contributed by atoms with van der Waals surface area (Å²) in [6.45, 7) is 1.47. The average Bonchev–Trinajstić information content (AvgIpc) is 3.04. The molecule has 0 heterocycles. The Balaban J connectivity index is 1.97. The van der Waals surface area contributed by atoms with Gasteiger partial charge in [-0.05, 0) is 31.4 Å². The highest BCUT2D eigenvalue weighted by molar-refractivity contribution is 5.34. The van der Waals surface area contributed by atoms with Crippen LogP contribution in [0.5, 0.6) is 0 Å². The summed E-state index contributed by atoms with van der Waals surface area (Å²) in [6.07, 6.45) is 2.57. The Labute approximate surface area is 88.7 Å². The smallest absolute Gasteiger partial charge is 0.145 e. The van der Waals surface area contributed by atoms with Gasteiger partial charge in [0.2, 0.25) is 0 Å². The standard InChI is InChI=1S/C12H13FN2/c13-12-10(6-14)2-1-3-11(12)8-15-7-9-4-5-9/h1-3,9,15H,4-5,7-8H2. The van der Waals surface area contributed by atoms with Crippen molar-refractivity contribution in [1.82, 2.24) is 5.32 Å². The van der Waals surface area contributed by atoms with Crippen molar-refractivity contribution in [3.63, 3.8) is 0 Å². The van der Waals surface area contributed by atoms with Gasteiger partial charge in [-0.25, -0.2) is 4.39 Å². The van der Waals surface area contributed by atoms with Crippen molar-refractivity contribution in [1.29, 1.82) is 5.26 Å². The molecule has 0 spiro atoms. The first-order chi connectivity index (χ1) is 7.31. The summed E-state index contributed by atoms with van der Waals surface area (Å²) in [7, 11) is 0. The van der Waals surface area contributed by atoms with Gasteiger partial charge in [-0.1, -0.05) is 12.1 Å². The summed E-state index contributed by atoms with van der Waals surface area (Å²) < 4.78 is 13.6. The molecule has 1 N–H and O–H groups in total. The Morgan fingerprint density at radius 3 is 2.93 bits per heavy atom. The van der Waals surface area contributed by atoms with Crippen molar-refractivity contribution >= 4 is 0 Å². The van der Waals surface area contributed by atoms with E-state index in [0.29, 0.717) is 12.1 Å². The highest BCUT2D eigenvalue weighted by Gasteiger charge is 2.20. The number of benzene rings is 1. The summed E-state index contributed by atoms with van der Waals surface area (Å²) in [5.41, 5.74) is 0.704. The van der Waals surface area contributed by atoms with E-state index in [4.69, 9.17) is 5.26 Å². The lowest BCUT2D eigenvalue weighted by Gasteiger charge is -2.05. The zero-order chi connectivity index (χ0) is 10.7. The Kier molecular flexibility index (Phi) is 2.98. The van der Waals surface area contributed by atoms with E-state index < -0.39 is 0 Å². The van der Waals surface area contributed by atoms with Crippen LogP contribution < -0.4 is 5.32 Å². The number of nitriles is 1. The monoisotopic (exact) mass is 204 g/mol. The van der Waals surface area contributed by atoms with Crippen LogP contribution >= 0.6 is 0 Å². The maximum absolute atomic E-state index is 13.6. The van der Waals surface area contributed by atoms with Crippen LogP contribution in [0.1, 0.15) is 24.0 Å². The van der Waals surface area contributed by atoms with Crippen LogP contribution in [0.4, 0.5) is 4.39 Å². The second-order valence-corrected chi connectivity index (χ2v) is 3.96. The Morgan fingerprint density at radius 1 is 1.47 bits per heavy atom. The molecular formula is C12H13FN2. The molecule has 1 fully saturated rings. The van der Waals surface area contributed by atoms with Gasteiger partial charge in [-0.15, -0.1) is 0 Å². The molecule has 1 aromatic rings. The van der Waals surface area contributed by atoms with Crippen molar-refractivity contribution in [2.24, 2.45) is 5.92 Å². The number of halogens is 1. The highest BCUT2D eigenvalue weighted by atomic mass is 19.1. The van der Waals surface area contributed by atoms with Gasteiger partial charge in [0.25, 0.3) is 0 Å². The number of hydrogen-bond donors (Lipinski definition) is 1. The summed E-state index contributed by atoms with van der Waals surface area (Å²) >= 11 is 0.